The molecule has 1 aliphatic heterocycles. The zero-order valence-corrected chi connectivity index (χ0v) is 9.70. The van der Waals surface area contributed by atoms with Crippen LogP contribution in [0.4, 0.5) is 4.39 Å². The van der Waals surface area contributed by atoms with Gasteiger partial charge in [0.05, 0.1) is 6.04 Å². The molecule has 0 fully saturated rings. The minimum Gasteiger partial charge on any atom is -0.302 e. The lowest BCUT2D eigenvalue weighted by atomic mass is 9.97. The Labute approximate surface area is 100 Å². The van der Waals surface area contributed by atoms with Crippen LogP contribution in [0.3, 0.4) is 0 Å². The second-order valence-corrected chi connectivity index (χ2v) is 4.57. The van der Waals surface area contributed by atoms with E-state index in [1.165, 1.54) is 28.8 Å². The molecule has 3 rings (SSSR count). The first-order valence-corrected chi connectivity index (χ1v) is 5.82. The van der Waals surface area contributed by atoms with Gasteiger partial charge < -0.3 is 5.32 Å². The van der Waals surface area contributed by atoms with Gasteiger partial charge in [0, 0.05) is 6.54 Å². The first kappa shape index (κ1) is 10.5. The fourth-order valence-corrected chi connectivity index (χ4v) is 2.44. The van der Waals surface area contributed by atoms with E-state index in [0.29, 0.717) is 0 Å². The average molecular weight is 227 g/mol. The number of halogens is 1. The topological polar surface area (TPSA) is 12.0 Å². The summed E-state index contributed by atoms with van der Waals surface area (Å²) in [6.45, 7) is 2.99. The van der Waals surface area contributed by atoms with E-state index in [1.54, 1.807) is 0 Å². The second kappa shape index (κ2) is 3.97. The van der Waals surface area contributed by atoms with Crippen LogP contribution in [0.25, 0.3) is 0 Å². The summed E-state index contributed by atoms with van der Waals surface area (Å²) in [5.74, 6) is -0.184. The highest BCUT2D eigenvalue weighted by atomic mass is 19.1. The molecule has 86 valence electrons. The van der Waals surface area contributed by atoms with Crippen LogP contribution in [-0.2, 0) is 6.54 Å². The summed E-state index contributed by atoms with van der Waals surface area (Å²) in [5, 5.41) is 3.46. The zero-order chi connectivity index (χ0) is 11.8. The summed E-state index contributed by atoms with van der Waals surface area (Å²) in [6.07, 6.45) is 0. The van der Waals surface area contributed by atoms with Gasteiger partial charge in [0.1, 0.15) is 5.82 Å². The van der Waals surface area contributed by atoms with Gasteiger partial charge in [-0.25, -0.2) is 4.39 Å². The summed E-state index contributed by atoms with van der Waals surface area (Å²) in [5.41, 5.74) is 5.06. The van der Waals surface area contributed by atoms with Gasteiger partial charge >= 0.3 is 0 Å². The van der Waals surface area contributed by atoms with Gasteiger partial charge in [-0.2, -0.15) is 0 Å². The highest BCUT2D eigenvalue weighted by Crippen LogP contribution is 2.31. The Morgan fingerprint density at radius 2 is 1.88 bits per heavy atom. The molecule has 1 aliphatic rings. The maximum Gasteiger partial charge on any atom is 0.123 e. The molecule has 2 aromatic carbocycles. The lowest BCUT2D eigenvalue weighted by Gasteiger charge is -2.12. The van der Waals surface area contributed by atoms with Crippen LogP contribution < -0.4 is 5.32 Å². The van der Waals surface area contributed by atoms with E-state index < -0.39 is 0 Å². The minimum atomic E-state index is -0.184. The van der Waals surface area contributed by atoms with Crippen molar-refractivity contribution in [1.29, 1.82) is 0 Å². The van der Waals surface area contributed by atoms with Crippen LogP contribution in [0.1, 0.15) is 28.3 Å². The maximum atomic E-state index is 12.9. The van der Waals surface area contributed by atoms with Gasteiger partial charge in [0.25, 0.3) is 0 Å². The fraction of sp³-hybridized carbons (Fsp3) is 0.200. The van der Waals surface area contributed by atoms with Gasteiger partial charge in [0.15, 0.2) is 0 Å². The highest BCUT2D eigenvalue weighted by Gasteiger charge is 2.22. The molecular weight excluding hydrogens is 213 g/mol. The highest BCUT2D eigenvalue weighted by molar-refractivity contribution is 5.42. The van der Waals surface area contributed by atoms with Crippen LogP contribution >= 0.6 is 0 Å². The molecule has 0 aromatic heterocycles. The molecule has 1 nitrogen and oxygen atoms in total. The number of hydrogen-bond donors (Lipinski definition) is 1. The van der Waals surface area contributed by atoms with Crippen LogP contribution in [0, 0.1) is 12.7 Å². The van der Waals surface area contributed by atoms with E-state index in [9.17, 15) is 4.39 Å². The molecule has 0 amide bonds. The maximum absolute atomic E-state index is 12.9. The Kier molecular flexibility index (Phi) is 2.45. The van der Waals surface area contributed by atoms with Crippen molar-refractivity contribution in [3.63, 3.8) is 0 Å². The third kappa shape index (κ3) is 1.85. The van der Waals surface area contributed by atoms with E-state index >= 15 is 0 Å². The first-order valence-electron chi connectivity index (χ1n) is 5.82. The SMILES string of the molecule is Cc1ccc2c(c1)CNC2c1ccc(F)cc1. The summed E-state index contributed by atoms with van der Waals surface area (Å²) < 4.78 is 12.9. The number of hydrogen-bond acceptors (Lipinski definition) is 1. The Bertz CT molecular complexity index is 545. The lowest BCUT2D eigenvalue weighted by molar-refractivity contribution is 0.622. The molecule has 1 atom stereocenters. The molecule has 1 N–H and O–H groups in total. The van der Waals surface area contributed by atoms with Crippen molar-refractivity contribution < 1.29 is 4.39 Å². The Morgan fingerprint density at radius 3 is 2.65 bits per heavy atom. The van der Waals surface area contributed by atoms with Gasteiger partial charge in [0.2, 0.25) is 0 Å². The van der Waals surface area contributed by atoms with Crippen LogP contribution in [0.2, 0.25) is 0 Å². The Morgan fingerprint density at radius 1 is 1.12 bits per heavy atom. The predicted molar refractivity (Wildman–Crippen MR) is 66.3 cm³/mol. The third-order valence-electron chi connectivity index (χ3n) is 3.31. The van der Waals surface area contributed by atoms with E-state index in [2.05, 4.69) is 30.4 Å². The Balaban J connectivity index is 2.01. The van der Waals surface area contributed by atoms with Crippen LogP contribution in [-0.4, -0.2) is 0 Å². The smallest absolute Gasteiger partial charge is 0.123 e. The molecule has 0 aliphatic carbocycles. The molecule has 2 aromatic rings. The zero-order valence-electron chi connectivity index (χ0n) is 9.70. The monoisotopic (exact) mass is 227 g/mol. The average Bonchev–Trinajstić information content (AvgIpc) is 2.73. The van der Waals surface area contributed by atoms with Gasteiger partial charge in [-0.3, -0.25) is 0 Å². The number of fused-ring (bicyclic) bond motifs is 1. The second-order valence-electron chi connectivity index (χ2n) is 4.57. The van der Waals surface area contributed by atoms with Crippen LogP contribution in [0.5, 0.6) is 0 Å². The molecule has 0 bridgehead atoms. The molecular formula is C15H14FN. The molecule has 1 heterocycles. The molecule has 0 radical (unpaired) electrons. The summed E-state index contributed by atoms with van der Waals surface area (Å²) in [4.78, 5) is 0. The predicted octanol–water partition coefficient (Wildman–Crippen LogP) is 3.33. The largest absolute Gasteiger partial charge is 0.302 e. The molecule has 2 heteroatoms. The third-order valence-corrected chi connectivity index (χ3v) is 3.31. The standard InChI is InChI=1S/C15H14FN/c1-10-2-7-14-12(8-10)9-17-15(14)11-3-5-13(16)6-4-11/h2-8,15,17H,9H2,1H3. The molecule has 17 heavy (non-hydrogen) atoms. The van der Waals surface area contributed by atoms with Gasteiger partial charge in [-0.1, -0.05) is 35.9 Å². The number of benzene rings is 2. The normalized spacial score (nSPS) is 18.1. The summed E-state index contributed by atoms with van der Waals surface area (Å²) in [7, 11) is 0. The van der Waals surface area contributed by atoms with Gasteiger partial charge in [-0.15, -0.1) is 0 Å². The quantitative estimate of drug-likeness (QED) is 0.788. The van der Waals surface area contributed by atoms with Crippen molar-refractivity contribution in [2.45, 2.75) is 19.5 Å². The van der Waals surface area contributed by atoms with E-state index in [1.807, 2.05) is 12.1 Å². The van der Waals surface area contributed by atoms with Crippen molar-refractivity contribution in [1.82, 2.24) is 5.32 Å². The van der Waals surface area contributed by atoms with Crippen molar-refractivity contribution in [2.24, 2.45) is 0 Å². The number of aryl methyl sites for hydroxylation is 1. The van der Waals surface area contributed by atoms with Gasteiger partial charge in [-0.05, 0) is 35.7 Å². The lowest BCUT2D eigenvalue weighted by Crippen LogP contribution is -2.13. The summed E-state index contributed by atoms with van der Waals surface area (Å²) >= 11 is 0. The van der Waals surface area contributed by atoms with E-state index in [0.717, 1.165) is 12.1 Å². The Hall–Kier alpha value is -1.67. The van der Waals surface area contributed by atoms with Crippen LogP contribution in [0.15, 0.2) is 42.5 Å². The van der Waals surface area contributed by atoms with E-state index in [-0.39, 0.29) is 11.9 Å². The molecule has 1 unspecified atom stereocenters. The minimum absolute atomic E-state index is 0.184. The number of nitrogens with one attached hydrogen (secondary N) is 1. The molecule has 0 saturated carbocycles. The molecule has 0 saturated heterocycles. The number of rotatable bonds is 1. The van der Waals surface area contributed by atoms with E-state index in [4.69, 9.17) is 0 Å². The van der Waals surface area contributed by atoms with Crippen molar-refractivity contribution in [3.05, 3.63) is 70.5 Å². The summed E-state index contributed by atoms with van der Waals surface area (Å²) in [6, 6.07) is 13.4. The fourth-order valence-electron chi connectivity index (χ4n) is 2.44. The molecule has 0 spiro atoms. The van der Waals surface area contributed by atoms with Crippen molar-refractivity contribution >= 4 is 0 Å². The first-order chi connectivity index (χ1) is 8.24. The van der Waals surface area contributed by atoms with Crippen molar-refractivity contribution in [2.75, 3.05) is 0 Å². The van der Waals surface area contributed by atoms with Crippen molar-refractivity contribution in [3.8, 4) is 0 Å².